The van der Waals surface area contributed by atoms with Gasteiger partial charge in [0.05, 0.1) is 11.9 Å². The van der Waals surface area contributed by atoms with Crippen molar-refractivity contribution >= 4 is 11.9 Å². The number of benzene rings is 1. The Bertz CT molecular complexity index is 865. The molecule has 2 heterocycles. The van der Waals surface area contributed by atoms with E-state index in [9.17, 15) is 19.1 Å². The molecule has 0 spiro atoms. The molecule has 0 bridgehead atoms. The van der Waals surface area contributed by atoms with Crippen LogP contribution in [0.3, 0.4) is 0 Å². The lowest BCUT2D eigenvalue weighted by Gasteiger charge is -2.35. The zero-order valence-corrected chi connectivity index (χ0v) is 15.1. The largest absolute Gasteiger partial charge is 0.504 e. The van der Waals surface area contributed by atoms with Crippen molar-refractivity contribution in [2.75, 3.05) is 6.54 Å². The van der Waals surface area contributed by atoms with Crippen LogP contribution < -0.4 is 0 Å². The highest BCUT2D eigenvalue weighted by Crippen LogP contribution is 2.27. The van der Waals surface area contributed by atoms with Gasteiger partial charge >= 0.3 is 5.97 Å². The molecule has 27 heavy (non-hydrogen) atoms. The van der Waals surface area contributed by atoms with E-state index in [0.717, 1.165) is 19.3 Å². The third-order valence-electron chi connectivity index (χ3n) is 4.88. The molecule has 1 amide bonds. The lowest BCUT2D eigenvalue weighted by atomic mass is 9.97. The number of hydrogen-bond donors (Lipinski definition) is 2. The van der Waals surface area contributed by atoms with Crippen LogP contribution in [0.15, 0.2) is 24.4 Å². The van der Waals surface area contributed by atoms with Crippen LogP contribution in [-0.2, 0) is 4.79 Å². The molecule has 1 unspecified atom stereocenters. The molecular formula is C19H22FN3O4. The molecule has 0 aliphatic carbocycles. The number of piperidine rings is 1. The summed E-state index contributed by atoms with van der Waals surface area (Å²) in [6, 6.07) is 3.98. The number of rotatable bonds is 5. The number of carboxylic acids is 1. The zero-order valence-electron chi connectivity index (χ0n) is 15.1. The Morgan fingerprint density at radius 2 is 2.11 bits per heavy atom. The second-order valence-corrected chi connectivity index (χ2v) is 6.82. The Balaban J connectivity index is 1.85. The summed E-state index contributed by atoms with van der Waals surface area (Å²) in [6.07, 6.45) is 4.18. The third kappa shape index (κ3) is 4.10. The Hall–Kier alpha value is -2.90. The monoisotopic (exact) mass is 375 g/mol. The van der Waals surface area contributed by atoms with Gasteiger partial charge in [0.1, 0.15) is 5.82 Å². The highest BCUT2D eigenvalue weighted by Gasteiger charge is 2.31. The number of aliphatic carboxylic acids is 1. The predicted molar refractivity (Wildman–Crippen MR) is 95.5 cm³/mol. The quantitative estimate of drug-likeness (QED) is 0.838. The van der Waals surface area contributed by atoms with E-state index in [0.29, 0.717) is 24.2 Å². The maximum absolute atomic E-state index is 13.3. The number of carbonyl (C=O) groups is 2. The van der Waals surface area contributed by atoms with E-state index < -0.39 is 11.9 Å². The second-order valence-electron chi connectivity index (χ2n) is 6.82. The highest BCUT2D eigenvalue weighted by molar-refractivity contribution is 5.95. The molecule has 0 saturated carbocycles. The predicted octanol–water partition coefficient (Wildman–Crippen LogP) is 2.88. The van der Waals surface area contributed by atoms with E-state index in [1.165, 1.54) is 29.1 Å². The maximum atomic E-state index is 13.3. The molecule has 8 heteroatoms. The zero-order chi connectivity index (χ0) is 19.6. The first-order chi connectivity index (χ1) is 12.9. The minimum absolute atomic E-state index is 0.0103. The molecular weight excluding hydrogens is 353 g/mol. The molecule has 1 atom stereocenters. The molecule has 144 valence electrons. The van der Waals surface area contributed by atoms with Crippen LogP contribution >= 0.6 is 0 Å². The van der Waals surface area contributed by atoms with E-state index in [1.54, 1.807) is 11.8 Å². The number of likely N-dealkylation sites (tertiary alicyclic amines) is 1. The summed E-state index contributed by atoms with van der Waals surface area (Å²) in [5.74, 6) is -1.95. The normalized spacial score (nSPS) is 17.1. The van der Waals surface area contributed by atoms with Gasteiger partial charge in [0.25, 0.3) is 5.91 Å². The standard InChI is InChI=1S/C19H22FN3O4/c1-12-10-13(20)5-7-15(12)23-11-16(24)18(21-23)19(27)22-9-3-2-4-14(22)6-8-17(25)26/h5,7,10-11,14,24H,2-4,6,8-9H2,1H3,(H,25,26). The molecule has 2 N–H and O–H groups in total. The number of halogens is 1. The summed E-state index contributed by atoms with van der Waals surface area (Å²) in [5.41, 5.74) is 1.10. The highest BCUT2D eigenvalue weighted by atomic mass is 19.1. The fraction of sp³-hybridized carbons (Fsp3) is 0.421. The summed E-state index contributed by atoms with van der Waals surface area (Å²) < 4.78 is 14.7. The van der Waals surface area contributed by atoms with E-state index in [-0.39, 0.29) is 29.7 Å². The first-order valence-electron chi connectivity index (χ1n) is 8.94. The molecule has 1 aliphatic heterocycles. The number of hydrogen-bond acceptors (Lipinski definition) is 4. The average Bonchev–Trinajstić information content (AvgIpc) is 3.01. The van der Waals surface area contributed by atoms with Gasteiger partial charge in [-0.05, 0) is 56.4 Å². The minimum atomic E-state index is -0.896. The summed E-state index contributed by atoms with van der Waals surface area (Å²) in [6.45, 7) is 2.22. The van der Waals surface area contributed by atoms with Gasteiger partial charge in [-0.1, -0.05) is 0 Å². The topological polar surface area (TPSA) is 95.7 Å². The lowest BCUT2D eigenvalue weighted by Crippen LogP contribution is -2.44. The summed E-state index contributed by atoms with van der Waals surface area (Å²) >= 11 is 0. The van der Waals surface area contributed by atoms with Gasteiger partial charge in [0, 0.05) is 19.0 Å². The summed E-state index contributed by atoms with van der Waals surface area (Å²) in [5, 5.41) is 23.4. The van der Waals surface area contributed by atoms with E-state index in [1.807, 2.05) is 0 Å². The summed E-state index contributed by atoms with van der Waals surface area (Å²) in [7, 11) is 0. The number of aromatic nitrogens is 2. The van der Waals surface area contributed by atoms with E-state index in [4.69, 9.17) is 5.11 Å². The molecule has 1 aromatic carbocycles. The maximum Gasteiger partial charge on any atom is 0.303 e. The summed E-state index contributed by atoms with van der Waals surface area (Å²) in [4.78, 5) is 25.4. The molecule has 1 aliphatic rings. The van der Waals surface area contributed by atoms with E-state index in [2.05, 4.69) is 5.10 Å². The van der Waals surface area contributed by atoms with Crippen LogP contribution in [-0.4, -0.2) is 49.4 Å². The number of aryl methyl sites for hydroxylation is 1. The van der Waals surface area contributed by atoms with Crippen molar-refractivity contribution in [3.63, 3.8) is 0 Å². The molecule has 1 fully saturated rings. The Labute approximate surface area is 156 Å². The Morgan fingerprint density at radius 1 is 1.33 bits per heavy atom. The minimum Gasteiger partial charge on any atom is -0.504 e. The van der Waals surface area contributed by atoms with Gasteiger partial charge in [0.2, 0.25) is 0 Å². The van der Waals surface area contributed by atoms with Crippen molar-refractivity contribution in [2.24, 2.45) is 0 Å². The van der Waals surface area contributed by atoms with Gasteiger partial charge in [0.15, 0.2) is 11.4 Å². The number of carboxylic acid groups (broad SMARTS) is 1. The fourth-order valence-electron chi connectivity index (χ4n) is 3.51. The number of amides is 1. The van der Waals surface area contributed by atoms with Crippen LogP contribution in [0.25, 0.3) is 5.69 Å². The van der Waals surface area contributed by atoms with Gasteiger partial charge in [-0.3, -0.25) is 9.59 Å². The molecule has 1 aromatic heterocycles. The van der Waals surface area contributed by atoms with Crippen molar-refractivity contribution in [1.82, 2.24) is 14.7 Å². The van der Waals surface area contributed by atoms with Gasteiger partial charge in [-0.2, -0.15) is 5.10 Å². The van der Waals surface area contributed by atoms with Crippen molar-refractivity contribution in [3.05, 3.63) is 41.5 Å². The average molecular weight is 375 g/mol. The van der Waals surface area contributed by atoms with Crippen molar-refractivity contribution in [1.29, 1.82) is 0 Å². The molecule has 0 radical (unpaired) electrons. The van der Waals surface area contributed by atoms with Crippen LogP contribution in [0.1, 0.15) is 48.2 Å². The third-order valence-corrected chi connectivity index (χ3v) is 4.88. The van der Waals surface area contributed by atoms with Crippen LogP contribution in [0, 0.1) is 12.7 Å². The van der Waals surface area contributed by atoms with E-state index >= 15 is 0 Å². The second kappa shape index (κ2) is 7.77. The number of nitrogens with zero attached hydrogens (tertiary/aromatic N) is 3. The SMILES string of the molecule is Cc1cc(F)ccc1-n1cc(O)c(C(=O)N2CCCCC2CCC(=O)O)n1. The van der Waals surface area contributed by atoms with Crippen LogP contribution in [0.5, 0.6) is 5.75 Å². The smallest absolute Gasteiger partial charge is 0.303 e. The van der Waals surface area contributed by atoms with Crippen molar-refractivity contribution in [2.45, 2.75) is 45.1 Å². The Morgan fingerprint density at radius 3 is 2.81 bits per heavy atom. The van der Waals surface area contributed by atoms with Crippen LogP contribution in [0.2, 0.25) is 0 Å². The first kappa shape index (κ1) is 18.9. The van der Waals surface area contributed by atoms with Crippen molar-refractivity contribution < 1.29 is 24.2 Å². The Kier molecular flexibility index (Phi) is 5.43. The number of carbonyl (C=O) groups excluding carboxylic acids is 1. The molecule has 3 rings (SSSR count). The van der Waals surface area contributed by atoms with Crippen LogP contribution in [0.4, 0.5) is 4.39 Å². The fourth-order valence-corrected chi connectivity index (χ4v) is 3.51. The molecule has 1 saturated heterocycles. The van der Waals surface area contributed by atoms with Gasteiger partial charge in [-0.25, -0.2) is 9.07 Å². The molecule has 7 nitrogen and oxygen atoms in total. The molecule has 2 aromatic rings. The van der Waals surface area contributed by atoms with Gasteiger partial charge < -0.3 is 15.1 Å². The number of aromatic hydroxyl groups is 1. The van der Waals surface area contributed by atoms with Gasteiger partial charge in [-0.15, -0.1) is 0 Å². The lowest BCUT2D eigenvalue weighted by molar-refractivity contribution is -0.137. The van der Waals surface area contributed by atoms with Crippen molar-refractivity contribution in [3.8, 4) is 11.4 Å². The first-order valence-corrected chi connectivity index (χ1v) is 8.94.